The van der Waals surface area contributed by atoms with Crippen LogP contribution in [0.15, 0.2) is 18.2 Å². The average Bonchev–Trinajstić information content (AvgIpc) is 3.23. The van der Waals surface area contributed by atoms with Gasteiger partial charge in [-0.2, -0.15) is 13.2 Å². The summed E-state index contributed by atoms with van der Waals surface area (Å²) in [5.41, 5.74) is -0.640. The number of carbonyl (C=O) groups excluding carboxylic acids is 1. The van der Waals surface area contributed by atoms with Gasteiger partial charge in [0.25, 0.3) is 0 Å². The number of ether oxygens (including phenoxy) is 2. The van der Waals surface area contributed by atoms with Crippen molar-refractivity contribution in [2.45, 2.75) is 128 Å². The Morgan fingerprint density at radius 3 is 2.35 bits per heavy atom. The number of aromatic nitrogens is 2. The molecule has 0 bridgehead atoms. The first-order valence-electron chi connectivity index (χ1n) is 15.5. The first-order valence-corrected chi connectivity index (χ1v) is 20.4. The lowest BCUT2D eigenvalue weighted by molar-refractivity contribution is -0.265. The molecule has 2 N–H and O–H groups in total. The van der Waals surface area contributed by atoms with E-state index in [2.05, 4.69) is 29.7 Å². The molecule has 8 nitrogen and oxygen atoms in total. The summed E-state index contributed by atoms with van der Waals surface area (Å²) in [6.45, 7) is 15.5. The highest BCUT2D eigenvalue weighted by molar-refractivity contribution is 7.90. The smallest absolute Gasteiger partial charge is 0.416 e. The molecule has 0 saturated heterocycles. The summed E-state index contributed by atoms with van der Waals surface area (Å²) in [5.74, 6) is -3.09. The number of alkyl halides is 5. The van der Waals surface area contributed by atoms with E-state index < -0.39 is 60.6 Å². The van der Waals surface area contributed by atoms with Crippen LogP contribution in [0.25, 0.3) is 11.0 Å². The molecule has 1 saturated carbocycles. The van der Waals surface area contributed by atoms with E-state index in [9.17, 15) is 31.3 Å². The van der Waals surface area contributed by atoms with Crippen molar-refractivity contribution in [2.75, 3.05) is 13.2 Å². The second kappa shape index (κ2) is 14.4. The third kappa shape index (κ3) is 10.6. The fourth-order valence-corrected chi connectivity index (χ4v) is 6.32. The Balaban J connectivity index is 1.97. The zero-order valence-corrected chi connectivity index (χ0v) is 30.1. The summed E-state index contributed by atoms with van der Waals surface area (Å²) >= 11 is -1.69. The summed E-state index contributed by atoms with van der Waals surface area (Å²) in [7, 11) is -1.43. The van der Waals surface area contributed by atoms with Crippen molar-refractivity contribution < 1.29 is 40.8 Å². The van der Waals surface area contributed by atoms with E-state index in [0.29, 0.717) is 29.0 Å². The predicted octanol–water partition coefficient (Wildman–Crippen LogP) is 7.41. The van der Waals surface area contributed by atoms with Crippen LogP contribution < -0.4 is 10.0 Å². The van der Waals surface area contributed by atoms with Gasteiger partial charge in [-0.1, -0.05) is 25.7 Å². The van der Waals surface area contributed by atoms with Gasteiger partial charge in [-0.15, -0.1) is 4.72 Å². The number of nitrogens with one attached hydrogen (secondary N) is 2. The van der Waals surface area contributed by atoms with Crippen molar-refractivity contribution in [3.63, 3.8) is 0 Å². The Hall–Kier alpha value is -1.78. The molecule has 46 heavy (non-hydrogen) atoms. The Labute approximate surface area is 272 Å². The molecule has 15 heteroatoms. The van der Waals surface area contributed by atoms with Gasteiger partial charge < -0.3 is 23.9 Å². The maximum Gasteiger partial charge on any atom is 0.416 e. The van der Waals surface area contributed by atoms with E-state index >= 15 is 0 Å². The van der Waals surface area contributed by atoms with E-state index in [-0.39, 0.29) is 37.8 Å². The quantitative estimate of drug-likeness (QED) is 0.0871. The number of hydrogen-bond donors (Lipinski definition) is 2. The number of nitrogens with zero attached hydrogens (tertiary/aromatic N) is 2. The molecule has 1 aromatic heterocycles. The minimum atomic E-state index is -4.64. The molecule has 0 spiro atoms. The van der Waals surface area contributed by atoms with Gasteiger partial charge >= 0.3 is 6.18 Å². The highest BCUT2D eigenvalue weighted by Crippen LogP contribution is 2.44. The third-order valence-corrected chi connectivity index (χ3v) is 11.3. The summed E-state index contributed by atoms with van der Waals surface area (Å²) in [4.78, 5) is 17.4. The molecule has 3 rings (SSSR count). The van der Waals surface area contributed by atoms with Crippen molar-refractivity contribution in [1.29, 1.82) is 0 Å². The summed E-state index contributed by atoms with van der Waals surface area (Å²) in [6, 6.07) is 4.74. The van der Waals surface area contributed by atoms with Crippen molar-refractivity contribution in [3.8, 4) is 0 Å². The van der Waals surface area contributed by atoms with E-state index in [4.69, 9.17) is 14.5 Å². The van der Waals surface area contributed by atoms with Gasteiger partial charge in [-0.25, -0.2) is 13.8 Å². The largest absolute Gasteiger partial charge is 0.598 e. The van der Waals surface area contributed by atoms with Crippen LogP contribution in [0, 0.1) is 5.92 Å². The van der Waals surface area contributed by atoms with Crippen LogP contribution in [0.5, 0.6) is 0 Å². The highest BCUT2D eigenvalue weighted by Gasteiger charge is 2.49. The van der Waals surface area contributed by atoms with Crippen molar-refractivity contribution in [1.82, 2.24) is 19.6 Å². The van der Waals surface area contributed by atoms with Crippen molar-refractivity contribution in [2.24, 2.45) is 5.92 Å². The van der Waals surface area contributed by atoms with Crippen LogP contribution in [0.4, 0.5) is 22.0 Å². The molecule has 1 aromatic carbocycles. The first-order chi connectivity index (χ1) is 20.9. The predicted molar refractivity (Wildman–Crippen MR) is 173 cm³/mol. The number of amides is 1. The van der Waals surface area contributed by atoms with Crippen LogP contribution in [-0.2, 0) is 32.4 Å². The lowest BCUT2D eigenvalue weighted by atomic mass is 9.79. The minimum absolute atomic E-state index is 0.0156. The maximum absolute atomic E-state index is 13.7. The summed E-state index contributed by atoms with van der Waals surface area (Å²) < 4.78 is 96.3. The highest BCUT2D eigenvalue weighted by atomic mass is 32.2. The number of carbonyl (C=O) groups is 1. The number of rotatable bonds is 15. The van der Waals surface area contributed by atoms with Gasteiger partial charge in [0.15, 0.2) is 5.60 Å². The van der Waals surface area contributed by atoms with Crippen molar-refractivity contribution in [3.05, 3.63) is 29.6 Å². The number of fused-ring (bicyclic) bond motifs is 1. The number of benzene rings is 1. The van der Waals surface area contributed by atoms with E-state index in [0.717, 1.165) is 19.9 Å². The summed E-state index contributed by atoms with van der Waals surface area (Å²) in [6.07, 6.45) is -5.21. The van der Waals surface area contributed by atoms with Crippen LogP contribution in [0.2, 0.25) is 25.7 Å². The first kappa shape index (κ1) is 38.7. The SMILES string of the molecule is C[C@@H](NC(=O)CC1CC(F)(F)C1)c1ccc2nc([C@H](COC(C)(C)C(F)(F)F)N[S+]([O-])C(C)(C)C)n(COCC[Si](C)(C)C)c2c1. The fraction of sp³-hybridized carbons (Fsp3) is 0.742. The maximum atomic E-state index is 13.7. The lowest BCUT2D eigenvalue weighted by Crippen LogP contribution is -2.47. The molecule has 3 atom stereocenters. The molecule has 0 radical (unpaired) electrons. The second-order valence-corrected chi connectivity index (χ2v) is 22.6. The standard InChI is InChI=1S/C31H49F5N4O4SSi/c1-20(37-26(41)14-21-16-30(32,33)17-21)22-10-11-23-25(15-22)40(19-43-12-13-46(7,8)9)27(38-23)24(39-45(42)28(2,3)4)18-44-29(5,6)31(34,35)36/h10-11,15,20-21,24,39H,12-14,16-19H2,1-9H3,(H,37,41)/t20-,24+,45?/m1/s1. The molecule has 0 aliphatic heterocycles. The van der Waals surface area contributed by atoms with Crippen molar-refractivity contribution >= 4 is 36.4 Å². The monoisotopic (exact) mass is 696 g/mol. The zero-order chi connectivity index (χ0) is 34.9. The molecule has 1 unspecified atom stereocenters. The number of halogens is 5. The topological polar surface area (TPSA) is 100 Å². The molecule has 1 heterocycles. The van der Waals surface area contributed by atoms with E-state index in [1.807, 2.05) is 6.07 Å². The van der Waals surface area contributed by atoms with E-state index in [1.165, 1.54) is 0 Å². The lowest BCUT2D eigenvalue weighted by Gasteiger charge is -2.34. The Kier molecular flexibility index (Phi) is 12.1. The van der Waals surface area contributed by atoms with Crippen LogP contribution in [0.3, 0.4) is 0 Å². The van der Waals surface area contributed by atoms with Gasteiger partial charge in [-0.3, -0.25) is 4.79 Å². The normalized spacial score (nSPS) is 18.3. The van der Waals surface area contributed by atoms with Crippen LogP contribution in [0.1, 0.15) is 84.3 Å². The average molecular weight is 697 g/mol. The van der Waals surface area contributed by atoms with Crippen LogP contribution >= 0.6 is 0 Å². The third-order valence-electron chi connectivity index (χ3n) is 7.96. The number of imidazole rings is 1. The van der Waals surface area contributed by atoms with Gasteiger partial charge in [-0.05, 0) is 71.2 Å². The molecule has 1 aliphatic rings. The Bertz CT molecular complexity index is 1340. The van der Waals surface area contributed by atoms with Gasteiger partial charge in [0.05, 0.1) is 23.7 Å². The second-order valence-electron chi connectivity index (χ2n) is 15.0. The van der Waals surface area contributed by atoms with Crippen LogP contribution in [-0.4, -0.2) is 63.7 Å². The molecule has 1 aliphatic carbocycles. The molecule has 1 fully saturated rings. The molecule has 262 valence electrons. The van der Waals surface area contributed by atoms with Gasteiger partial charge in [0.1, 0.15) is 23.3 Å². The molecular weight excluding hydrogens is 648 g/mol. The summed E-state index contributed by atoms with van der Waals surface area (Å²) in [5, 5.41) is 2.88. The number of hydrogen-bond acceptors (Lipinski definition) is 6. The van der Waals surface area contributed by atoms with Gasteiger partial charge in [0, 0.05) is 45.3 Å². The Morgan fingerprint density at radius 1 is 1.17 bits per heavy atom. The Morgan fingerprint density at radius 2 is 1.80 bits per heavy atom. The minimum Gasteiger partial charge on any atom is -0.598 e. The molecule has 1 amide bonds. The fourth-order valence-electron chi connectivity index (χ4n) is 4.78. The van der Waals surface area contributed by atoms with Gasteiger partial charge in [0.2, 0.25) is 11.8 Å². The molecule has 2 aromatic rings. The molecular formula is C31H49F5N4O4SSi. The van der Waals surface area contributed by atoms with E-state index in [1.54, 1.807) is 44.4 Å². The zero-order valence-electron chi connectivity index (χ0n) is 28.2.